The number of amides is 1. The van der Waals surface area contributed by atoms with Gasteiger partial charge in [-0.05, 0) is 49.4 Å². The van der Waals surface area contributed by atoms with E-state index in [2.05, 4.69) is 5.32 Å². The van der Waals surface area contributed by atoms with Gasteiger partial charge in [-0.15, -0.1) is 0 Å². The van der Waals surface area contributed by atoms with Crippen molar-refractivity contribution in [3.8, 4) is 5.75 Å². The van der Waals surface area contributed by atoms with Crippen molar-refractivity contribution in [2.24, 2.45) is 0 Å². The van der Waals surface area contributed by atoms with E-state index in [1.807, 2.05) is 0 Å². The number of rotatable bonds is 3. The first-order valence-corrected chi connectivity index (χ1v) is 5.88. The molecule has 20 heavy (non-hydrogen) atoms. The Morgan fingerprint density at radius 2 is 1.75 bits per heavy atom. The third-order valence-electron chi connectivity index (χ3n) is 2.75. The molecule has 0 radical (unpaired) electrons. The fraction of sp³-hybridized carbons (Fsp3) is 0.0667. The Morgan fingerprint density at radius 3 is 2.35 bits per heavy atom. The standard InChI is InChI=1S/C15H12FNO3/c1-9(18)10-2-5-12(6-3-10)17-15(20)13-8-11(16)4-7-14(13)19/h2-8,19H,1H3,(H,17,20). The molecule has 2 aromatic rings. The molecule has 0 spiro atoms. The molecule has 0 atom stereocenters. The van der Waals surface area contributed by atoms with Crippen molar-refractivity contribution < 1.29 is 19.1 Å². The topological polar surface area (TPSA) is 66.4 Å². The van der Waals surface area contributed by atoms with Crippen LogP contribution in [0.5, 0.6) is 5.75 Å². The number of aromatic hydroxyl groups is 1. The minimum Gasteiger partial charge on any atom is -0.507 e. The maximum atomic E-state index is 13.1. The number of hydrogen-bond acceptors (Lipinski definition) is 3. The van der Waals surface area contributed by atoms with Gasteiger partial charge in [-0.1, -0.05) is 0 Å². The van der Waals surface area contributed by atoms with Gasteiger partial charge in [0.15, 0.2) is 5.78 Å². The summed E-state index contributed by atoms with van der Waals surface area (Å²) in [7, 11) is 0. The highest BCUT2D eigenvalue weighted by Crippen LogP contribution is 2.19. The molecule has 0 aliphatic carbocycles. The molecule has 0 aliphatic rings. The number of benzene rings is 2. The van der Waals surface area contributed by atoms with Crippen LogP contribution in [0.15, 0.2) is 42.5 Å². The van der Waals surface area contributed by atoms with Gasteiger partial charge in [-0.2, -0.15) is 0 Å². The first-order valence-electron chi connectivity index (χ1n) is 5.88. The van der Waals surface area contributed by atoms with Crippen molar-refractivity contribution in [3.05, 3.63) is 59.4 Å². The molecule has 1 amide bonds. The van der Waals surface area contributed by atoms with E-state index in [4.69, 9.17) is 0 Å². The van der Waals surface area contributed by atoms with Crippen molar-refractivity contribution >= 4 is 17.4 Å². The van der Waals surface area contributed by atoms with Gasteiger partial charge >= 0.3 is 0 Å². The highest BCUT2D eigenvalue weighted by molar-refractivity contribution is 6.06. The van der Waals surface area contributed by atoms with Gasteiger partial charge < -0.3 is 10.4 Å². The number of nitrogens with one attached hydrogen (secondary N) is 1. The van der Waals surface area contributed by atoms with E-state index in [0.29, 0.717) is 11.3 Å². The molecule has 0 aliphatic heterocycles. The summed E-state index contributed by atoms with van der Waals surface area (Å²) in [5, 5.41) is 12.0. The first-order chi connectivity index (χ1) is 9.47. The van der Waals surface area contributed by atoms with Gasteiger partial charge in [0, 0.05) is 11.3 Å². The van der Waals surface area contributed by atoms with Crippen molar-refractivity contribution in [2.45, 2.75) is 6.92 Å². The van der Waals surface area contributed by atoms with Crippen LogP contribution in [0.25, 0.3) is 0 Å². The van der Waals surface area contributed by atoms with Crippen LogP contribution < -0.4 is 5.32 Å². The van der Waals surface area contributed by atoms with E-state index < -0.39 is 11.7 Å². The third-order valence-corrected chi connectivity index (χ3v) is 2.75. The zero-order valence-electron chi connectivity index (χ0n) is 10.7. The fourth-order valence-corrected chi connectivity index (χ4v) is 1.68. The van der Waals surface area contributed by atoms with Gasteiger partial charge in [0.2, 0.25) is 0 Å². The predicted octanol–water partition coefficient (Wildman–Crippen LogP) is 2.99. The maximum absolute atomic E-state index is 13.1. The minimum absolute atomic E-state index is 0.0781. The van der Waals surface area contributed by atoms with E-state index >= 15 is 0 Å². The monoisotopic (exact) mass is 273 g/mol. The zero-order valence-corrected chi connectivity index (χ0v) is 10.7. The van der Waals surface area contributed by atoms with E-state index in [1.54, 1.807) is 24.3 Å². The lowest BCUT2D eigenvalue weighted by Gasteiger charge is -2.07. The van der Waals surface area contributed by atoms with E-state index in [9.17, 15) is 19.1 Å². The van der Waals surface area contributed by atoms with E-state index in [1.165, 1.54) is 6.92 Å². The maximum Gasteiger partial charge on any atom is 0.259 e. The molecule has 0 saturated carbocycles. The Labute approximate surface area is 114 Å². The number of halogens is 1. The number of phenols is 1. The van der Waals surface area contributed by atoms with Gasteiger partial charge in [0.05, 0.1) is 5.56 Å². The van der Waals surface area contributed by atoms with E-state index in [-0.39, 0.29) is 17.1 Å². The summed E-state index contributed by atoms with van der Waals surface area (Å²) in [4.78, 5) is 23.0. The number of ketones is 1. The van der Waals surface area contributed by atoms with Crippen LogP contribution in [0, 0.1) is 5.82 Å². The Kier molecular flexibility index (Phi) is 3.79. The first kappa shape index (κ1) is 13.7. The summed E-state index contributed by atoms with van der Waals surface area (Å²) in [6.45, 7) is 1.44. The SMILES string of the molecule is CC(=O)c1ccc(NC(=O)c2cc(F)ccc2O)cc1. The summed E-state index contributed by atoms with van der Waals surface area (Å²) >= 11 is 0. The smallest absolute Gasteiger partial charge is 0.259 e. The average Bonchev–Trinajstić information content (AvgIpc) is 2.42. The second-order valence-electron chi connectivity index (χ2n) is 4.25. The molecule has 0 aromatic heterocycles. The van der Waals surface area contributed by atoms with Crippen LogP contribution in [0.1, 0.15) is 27.6 Å². The number of carbonyl (C=O) groups excluding carboxylic acids is 2. The largest absolute Gasteiger partial charge is 0.507 e. The van der Waals surface area contributed by atoms with Crippen LogP contribution in [0.4, 0.5) is 10.1 Å². The summed E-state index contributed by atoms with van der Waals surface area (Å²) in [6, 6.07) is 9.40. The van der Waals surface area contributed by atoms with Crippen LogP contribution in [-0.2, 0) is 0 Å². The molecule has 0 fully saturated rings. The molecular formula is C15H12FNO3. The molecule has 2 rings (SSSR count). The Morgan fingerprint density at radius 1 is 1.10 bits per heavy atom. The molecular weight excluding hydrogens is 261 g/mol. The lowest BCUT2D eigenvalue weighted by Crippen LogP contribution is -2.12. The fourth-order valence-electron chi connectivity index (χ4n) is 1.68. The summed E-state index contributed by atoms with van der Waals surface area (Å²) in [6.07, 6.45) is 0. The molecule has 0 bridgehead atoms. The van der Waals surface area contributed by atoms with Crippen molar-refractivity contribution in [1.82, 2.24) is 0 Å². The van der Waals surface area contributed by atoms with Crippen LogP contribution >= 0.6 is 0 Å². The molecule has 102 valence electrons. The Hall–Kier alpha value is -2.69. The van der Waals surface area contributed by atoms with Crippen molar-refractivity contribution in [3.63, 3.8) is 0 Å². The minimum atomic E-state index is -0.627. The molecule has 4 nitrogen and oxygen atoms in total. The summed E-state index contributed by atoms with van der Waals surface area (Å²) in [5.74, 6) is -1.62. The number of carbonyl (C=O) groups is 2. The molecule has 0 unspecified atom stereocenters. The normalized spacial score (nSPS) is 10.1. The quantitative estimate of drug-likeness (QED) is 0.845. The van der Waals surface area contributed by atoms with Crippen molar-refractivity contribution in [1.29, 1.82) is 0 Å². The van der Waals surface area contributed by atoms with Crippen LogP contribution in [-0.4, -0.2) is 16.8 Å². The molecule has 0 heterocycles. The van der Waals surface area contributed by atoms with Gasteiger partial charge in [-0.25, -0.2) is 4.39 Å². The Bertz CT molecular complexity index is 665. The summed E-state index contributed by atoms with van der Waals surface area (Å²) < 4.78 is 13.1. The Balaban J connectivity index is 2.19. The molecule has 0 saturated heterocycles. The average molecular weight is 273 g/mol. The molecule has 5 heteroatoms. The predicted molar refractivity (Wildman–Crippen MR) is 72.5 cm³/mol. The lowest BCUT2D eigenvalue weighted by molar-refractivity contribution is 0.101. The highest BCUT2D eigenvalue weighted by atomic mass is 19.1. The second kappa shape index (κ2) is 5.52. The van der Waals surface area contributed by atoms with Gasteiger partial charge in [0.1, 0.15) is 11.6 Å². The number of hydrogen-bond donors (Lipinski definition) is 2. The van der Waals surface area contributed by atoms with Gasteiger partial charge in [-0.3, -0.25) is 9.59 Å². The number of anilines is 1. The number of phenolic OH excluding ortho intramolecular Hbond substituents is 1. The van der Waals surface area contributed by atoms with Gasteiger partial charge in [0.25, 0.3) is 5.91 Å². The summed E-state index contributed by atoms with van der Waals surface area (Å²) in [5.41, 5.74) is 0.820. The highest BCUT2D eigenvalue weighted by Gasteiger charge is 2.12. The van der Waals surface area contributed by atoms with Crippen LogP contribution in [0.3, 0.4) is 0 Å². The third kappa shape index (κ3) is 3.00. The molecule has 2 aromatic carbocycles. The zero-order chi connectivity index (χ0) is 14.7. The van der Waals surface area contributed by atoms with Crippen LogP contribution in [0.2, 0.25) is 0 Å². The second-order valence-corrected chi connectivity index (χ2v) is 4.25. The lowest BCUT2D eigenvalue weighted by atomic mass is 10.1. The number of Topliss-reactive ketones (excluding diaryl/α,β-unsaturated/α-hetero) is 1. The molecule has 2 N–H and O–H groups in total. The van der Waals surface area contributed by atoms with Crippen molar-refractivity contribution in [2.75, 3.05) is 5.32 Å². The van der Waals surface area contributed by atoms with E-state index in [0.717, 1.165) is 18.2 Å².